The van der Waals surface area contributed by atoms with Crippen molar-refractivity contribution >= 4 is 29.1 Å². The van der Waals surface area contributed by atoms with E-state index < -0.39 is 58.3 Å². The summed E-state index contributed by atoms with van der Waals surface area (Å²) in [7, 11) is 1.45. The van der Waals surface area contributed by atoms with Crippen LogP contribution in [0, 0.1) is 42.8 Å². The highest BCUT2D eigenvalue weighted by molar-refractivity contribution is 6.44. The summed E-state index contributed by atoms with van der Waals surface area (Å²) in [6, 6.07) is 2.01. The highest BCUT2D eigenvalue weighted by Crippen LogP contribution is 2.33. The van der Waals surface area contributed by atoms with Crippen molar-refractivity contribution in [2.24, 2.45) is 17.9 Å². The van der Waals surface area contributed by atoms with E-state index in [1.807, 2.05) is 0 Å². The first-order chi connectivity index (χ1) is 17.7. The second-order valence-corrected chi connectivity index (χ2v) is 10.6. The third-order valence-electron chi connectivity index (χ3n) is 6.19. The van der Waals surface area contributed by atoms with Gasteiger partial charge in [-0.1, -0.05) is 5.92 Å². The van der Waals surface area contributed by atoms with Crippen molar-refractivity contribution in [3.63, 3.8) is 0 Å². The van der Waals surface area contributed by atoms with Crippen molar-refractivity contribution in [2.45, 2.75) is 54.1 Å². The number of anilines is 1. The Morgan fingerprint density at radius 2 is 1.67 bits per heavy atom. The zero-order chi connectivity index (χ0) is 30.1. The molecular weight excluding hydrogens is 520 g/mol. The topological polar surface area (TPSA) is 94.5 Å². The van der Waals surface area contributed by atoms with Crippen LogP contribution in [-0.2, 0) is 27.5 Å². The summed E-state index contributed by atoms with van der Waals surface area (Å²) in [5.41, 5.74) is -3.71. The Kier molecular flexibility index (Phi) is 8.86. The molecule has 1 N–H and O–H groups in total. The molecule has 1 aromatic carbocycles. The van der Waals surface area contributed by atoms with Crippen molar-refractivity contribution < 1.29 is 41.5 Å². The molecule has 2 aromatic rings. The Balaban J connectivity index is 2.32. The molecule has 0 aliphatic rings. The molecule has 1 heterocycles. The number of terminal acetylenes is 1. The fourth-order valence-electron chi connectivity index (χ4n) is 3.80. The number of carbonyl (C=O) groups excluding carboxylic acids is 4. The number of ether oxygens (including phenoxy) is 1. The van der Waals surface area contributed by atoms with E-state index in [1.54, 1.807) is 20.8 Å². The summed E-state index contributed by atoms with van der Waals surface area (Å²) in [4.78, 5) is 51.3. The first-order valence-corrected chi connectivity index (χ1v) is 11.8. The van der Waals surface area contributed by atoms with E-state index in [9.17, 15) is 36.7 Å². The maximum Gasteiger partial charge on any atom is 0.419 e. The molecule has 210 valence electrons. The van der Waals surface area contributed by atoms with E-state index in [0.717, 1.165) is 6.07 Å². The molecule has 11 heteroatoms. The lowest BCUT2D eigenvalue weighted by Crippen LogP contribution is -2.32. The fraction of sp³-hybridized carbons (Fsp3) is 0.429. The number of amides is 1. The summed E-state index contributed by atoms with van der Waals surface area (Å²) in [5.74, 6) is -2.29. The van der Waals surface area contributed by atoms with Gasteiger partial charge in [-0.15, -0.1) is 6.42 Å². The zero-order valence-corrected chi connectivity index (χ0v) is 22.7. The minimum absolute atomic E-state index is 0.0613. The molecule has 0 fully saturated rings. The molecule has 0 spiro atoms. The van der Waals surface area contributed by atoms with E-state index >= 15 is 0 Å². The van der Waals surface area contributed by atoms with Crippen molar-refractivity contribution in [1.29, 1.82) is 0 Å². The summed E-state index contributed by atoms with van der Waals surface area (Å²) in [6.45, 7) is 9.06. The number of alkyl halides is 3. The maximum absolute atomic E-state index is 13.6. The van der Waals surface area contributed by atoms with Crippen LogP contribution >= 0.6 is 0 Å². The molecule has 2 rings (SSSR count). The second-order valence-electron chi connectivity index (χ2n) is 10.6. The number of ketones is 2. The summed E-state index contributed by atoms with van der Waals surface area (Å²) >= 11 is 0. The minimum Gasteiger partial charge on any atom is -0.464 e. The largest absolute Gasteiger partial charge is 0.464 e. The second kappa shape index (κ2) is 11.0. The van der Waals surface area contributed by atoms with Gasteiger partial charge in [0.25, 0.3) is 5.91 Å². The predicted octanol–water partition coefficient (Wildman–Crippen LogP) is 5.42. The molecule has 0 saturated heterocycles. The highest BCUT2D eigenvalue weighted by atomic mass is 19.4. The number of benzene rings is 1. The molecule has 0 bridgehead atoms. The third kappa shape index (κ3) is 6.93. The van der Waals surface area contributed by atoms with Gasteiger partial charge in [-0.3, -0.25) is 19.2 Å². The molecule has 7 nitrogen and oxygen atoms in total. The molecule has 0 unspecified atom stereocenters. The van der Waals surface area contributed by atoms with Gasteiger partial charge in [-0.2, -0.15) is 13.2 Å². The van der Waals surface area contributed by atoms with Gasteiger partial charge in [-0.05, 0) is 65.3 Å². The number of esters is 1. The van der Waals surface area contributed by atoms with Gasteiger partial charge in [0.05, 0.1) is 22.0 Å². The third-order valence-corrected chi connectivity index (χ3v) is 6.19. The number of halogens is 4. The van der Waals surface area contributed by atoms with E-state index in [2.05, 4.69) is 11.2 Å². The van der Waals surface area contributed by atoms with Crippen molar-refractivity contribution in [3.05, 3.63) is 52.1 Å². The maximum atomic E-state index is 13.6. The molecule has 1 amide bonds. The lowest BCUT2D eigenvalue weighted by molar-refractivity contribution is -0.155. The fourth-order valence-corrected chi connectivity index (χ4v) is 3.80. The lowest BCUT2D eigenvalue weighted by Gasteiger charge is -2.25. The quantitative estimate of drug-likeness (QED) is 0.156. The predicted molar refractivity (Wildman–Crippen MR) is 136 cm³/mol. The van der Waals surface area contributed by atoms with Gasteiger partial charge in [0.2, 0.25) is 11.6 Å². The molecule has 0 aliphatic carbocycles. The average molecular weight is 551 g/mol. The van der Waals surface area contributed by atoms with Crippen LogP contribution in [0.25, 0.3) is 0 Å². The Morgan fingerprint density at radius 3 is 2.18 bits per heavy atom. The number of carbonyl (C=O) groups is 4. The van der Waals surface area contributed by atoms with Crippen LogP contribution in [0.1, 0.15) is 71.8 Å². The number of hydrogen-bond donors (Lipinski definition) is 1. The van der Waals surface area contributed by atoms with Crippen molar-refractivity contribution in [1.82, 2.24) is 4.57 Å². The summed E-state index contributed by atoms with van der Waals surface area (Å²) in [5, 5.41) is 2.28. The monoisotopic (exact) mass is 550 g/mol. The van der Waals surface area contributed by atoms with Crippen LogP contribution in [-0.4, -0.2) is 34.6 Å². The Hall–Kier alpha value is -3.94. The average Bonchev–Trinajstić information content (AvgIpc) is 3.04. The molecule has 0 aliphatic heterocycles. The zero-order valence-electron chi connectivity index (χ0n) is 22.7. The number of Topliss-reactive ketones (excluding diaryl/α,β-unsaturated/α-hetero) is 2. The van der Waals surface area contributed by atoms with Crippen molar-refractivity contribution in [2.75, 3.05) is 11.9 Å². The van der Waals surface area contributed by atoms with Crippen LogP contribution in [0.2, 0.25) is 0 Å². The number of nitrogens with zero attached hydrogens (tertiary/aromatic N) is 1. The number of hydrogen-bond acceptors (Lipinski definition) is 5. The normalized spacial score (nSPS) is 13.3. The smallest absolute Gasteiger partial charge is 0.419 e. The lowest BCUT2D eigenvalue weighted by atomic mass is 9.84. The molecule has 1 aromatic heterocycles. The van der Waals surface area contributed by atoms with Crippen LogP contribution in [0.4, 0.5) is 23.2 Å². The number of aromatic nitrogens is 1. The Labute approximate surface area is 223 Å². The van der Waals surface area contributed by atoms with Gasteiger partial charge in [-0.25, -0.2) is 4.39 Å². The molecule has 39 heavy (non-hydrogen) atoms. The van der Waals surface area contributed by atoms with Gasteiger partial charge in [0.15, 0.2) is 0 Å². The molecule has 0 saturated carbocycles. The van der Waals surface area contributed by atoms with E-state index in [-0.39, 0.29) is 34.8 Å². The first kappa shape index (κ1) is 31.3. The van der Waals surface area contributed by atoms with Gasteiger partial charge in [0.1, 0.15) is 18.1 Å². The SMILES string of the molecule is C#C[C@@](C)(COC(=O)C(C)(C)C)CC(=O)C(=O)c1c(C)c(C(=O)Nc2ccc(F)c(C(F)(F)F)c2)n(C)c1C. The van der Waals surface area contributed by atoms with E-state index in [4.69, 9.17) is 11.2 Å². The molecule has 0 radical (unpaired) electrons. The van der Waals surface area contributed by atoms with Crippen LogP contribution in [0.3, 0.4) is 0 Å². The van der Waals surface area contributed by atoms with Crippen molar-refractivity contribution in [3.8, 4) is 12.3 Å². The summed E-state index contributed by atoms with van der Waals surface area (Å²) < 4.78 is 59.4. The van der Waals surface area contributed by atoms with Crippen LogP contribution in [0.15, 0.2) is 18.2 Å². The highest BCUT2D eigenvalue weighted by Gasteiger charge is 2.36. The molecular formula is C28H30F4N2O5. The number of nitrogens with one attached hydrogen (secondary N) is 1. The van der Waals surface area contributed by atoms with Gasteiger partial charge in [0, 0.05) is 24.8 Å². The molecule has 1 atom stereocenters. The van der Waals surface area contributed by atoms with E-state index in [0.29, 0.717) is 12.1 Å². The van der Waals surface area contributed by atoms with Crippen LogP contribution in [0.5, 0.6) is 0 Å². The van der Waals surface area contributed by atoms with Crippen LogP contribution < -0.4 is 5.32 Å². The van der Waals surface area contributed by atoms with Gasteiger partial charge < -0.3 is 14.6 Å². The Bertz CT molecular complexity index is 1380. The number of rotatable bonds is 8. The van der Waals surface area contributed by atoms with Gasteiger partial charge >= 0.3 is 12.1 Å². The summed E-state index contributed by atoms with van der Waals surface area (Å²) in [6.07, 6.45) is 0.170. The first-order valence-electron chi connectivity index (χ1n) is 11.8. The standard InChI is InChI=1S/C28H30F4N2O5/c1-9-27(7,14-39-25(38)26(4,5)6)13-20(35)23(36)21-15(2)22(34(8)16(21)3)24(37)33-17-10-11-19(29)18(12-17)28(30,31)32/h1,10-12H,13-14H2,2-8H3,(H,33,37)/t27-/m1/s1. The van der Waals surface area contributed by atoms with E-state index in [1.165, 1.54) is 32.4 Å². The minimum atomic E-state index is -4.97. The Morgan fingerprint density at radius 1 is 1.08 bits per heavy atom.